The Morgan fingerprint density at radius 3 is 2.89 bits per heavy atom. The smallest absolute Gasteiger partial charge is 0.222 e. The summed E-state index contributed by atoms with van der Waals surface area (Å²) >= 11 is 1.57. The maximum Gasteiger partial charge on any atom is 0.222 e. The maximum atomic E-state index is 8.87. The number of rotatable bonds is 4. The molecule has 19 heavy (non-hydrogen) atoms. The molecule has 1 aromatic carbocycles. The number of nitrogens with zero attached hydrogens (tertiary/aromatic N) is 4. The zero-order valence-electron chi connectivity index (χ0n) is 10.9. The molecule has 5 nitrogen and oxygen atoms in total. The van der Waals surface area contributed by atoms with Gasteiger partial charge in [0.15, 0.2) is 5.16 Å². The van der Waals surface area contributed by atoms with E-state index in [0.717, 1.165) is 16.5 Å². The van der Waals surface area contributed by atoms with Crippen LogP contribution in [0.1, 0.15) is 31.0 Å². The van der Waals surface area contributed by atoms with Crippen molar-refractivity contribution < 1.29 is 0 Å². The molecule has 2 rings (SSSR count). The van der Waals surface area contributed by atoms with E-state index in [1.54, 1.807) is 17.8 Å². The first kappa shape index (κ1) is 13.4. The lowest BCUT2D eigenvalue weighted by molar-refractivity contribution is 0.557. The summed E-state index contributed by atoms with van der Waals surface area (Å²) in [5.74, 6) is 1.17. The molecule has 0 amide bonds. The van der Waals surface area contributed by atoms with Crippen molar-refractivity contribution in [1.82, 2.24) is 14.8 Å². The summed E-state index contributed by atoms with van der Waals surface area (Å²) in [5.41, 5.74) is 7.54. The predicted molar refractivity (Wildman–Crippen MR) is 75.5 cm³/mol. The normalized spacial score (nSPS) is 10.6. The molecule has 0 unspecified atom stereocenters. The van der Waals surface area contributed by atoms with Gasteiger partial charge < -0.3 is 5.73 Å². The third-order valence-corrected chi connectivity index (χ3v) is 3.65. The number of anilines is 1. The average Bonchev–Trinajstić information content (AvgIpc) is 2.78. The summed E-state index contributed by atoms with van der Waals surface area (Å²) < 4.78 is 1.90. The molecule has 0 saturated carbocycles. The van der Waals surface area contributed by atoms with Crippen molar-refractivity contribution in [3.8, 4) is 6.07 Å². The number of aromatic nitrogens is 3. The molecule has 1 heterocycles. The minimum atomic E-state index is 0.225. The van der Waals surface area contributed by atoms with E-state index in [4.69, 9.17) is 11.0 Å². The van der Waals surface area contributed by atoms with Gasteiger partial charge in [0.1, 0.15) is 0 Å². The van der Waals surface area contributed by atoms with Crippen LogP contribution in [0.3, 0.4) is 0 Å². The lowest BCUT2D eigenvalue weighted by Crippen LogP contribution is -2.07. The number of nitriles is 1. The second-order valence-electron chi connectivity index (χ2n) is 4.41. The van der Waals surface area contributed by atoms with Crippen molar-refractivity contribution in [2.24, 2.45) is 0 Å². The van der Waals surface area contributed by atoms with E-state index >= 15 is 0 Å². The zero-order valence-corrected chi connectivity index (χ0v) is 11.7. The van der Waals surface area contributed by atoms with Gasteiger partial charge in [-0.1, -0.05) is 23.9 Å². The van der Waals surface area contributed by atoms with Crippen LogP contribution >= 0.6 is 11.8 Å². The van der Waals surface area contributed by atoms with Gasteiger partial charge in [-0.2, -0.15) is 5.26 Å². The third kappa shape index (κ3) is 3.06. The minimum absolute atomic E-state index is 0.225. The van der Waals surface area contributed by atoms with Crippen LogP contribution in [-0.4, -0.2) is 14.8 Å². The molecule has 2 aromatic rings. The second-order valence-corrected chi connectivity index (χ2v) is 5.35. The highest BCUT2D eigenvalue weighted by Gasteiger charge is 2.12. The quantitative estimate of drug-likeness (QED) is 0.866. The first-order chi connectivity index (χ1) is 9.11. The number of hydrogen-bond donors (Lipinski definition) is 1. The van der Waals surface area contributed by atoms with Crippen LogP contribution in [0, 0.1) is 11.3 Å². The van der Waals surface area contributed by atoms with E-state index in [2.05, 4.69) is 16.3 Å². The van der Waals surface area contributed by atoms with Crippen molar-refractivity contribution in [2.45, 2.75) is 30.8 Å². The number of nitrogens with two attached hydrogens (primary N) is 1. The van der Waals surface area contributed by atoms with Crippen molar-refractivity contribution in [3.63, 3.8) is 0 Å². The van der Waals surface area contributed by atoms with Crippen LogP contribution in [-0.2, 0) is 5.75 Å². The first-order valence-corrected chi connectivity index (χ1v) is 6.92. The van der Waals surface area contributed by atoms with Crippen LogP contribution in [0.5, 0.6) is 0 Å². The molecule has 1 aromatic heterocycles. The monoisotopic (exact) mass is 273 g/mol. The van der Waals surface area contributed by atoms with E-state index in [1.807, 2.05) is 36.6 Å². The Hall–Kier alpha value is -2.00. The Morgan fingerprint density at radius 2 is 2.21 bits per heavy atom. The summed E-state index contributed by atoms with van der Waals surface area (Å²) in [7, 11) is 0. The van der Waals surface area contributed by atoms with Gasteiger partial charge in [0.05, 0.1) is 11.6 Å². The van der Waals surface area contributed by atoms with Crippen molar-refractivity contribution >= 4 is 17.7 Å². The minimum Gasteiger partial charge on any atom is -0.368 e. The second kappa shape index (κ2) is 5.76. The van der Waals surface area contributed by atoms with E-state index < -0.39 is 0 Å². The van der Waals surface area contributed by atoms with Crippen molar-refractivity contribution in [2.75, 3.05) is 5.73 Å². The largest absolute Gasteiger partial charge is 0.368 e. The number of thioether (sulfide) groups is 1. The standard InChI is InChI=1S/C13H15N5S/c1-9(2)18-12(15)16-17-13(18)19-8-11-5-3-4-10(6-11)7-14/h3-6,9H,8H2,1-2H3,(H2,15,16). The van der Waals surface area contributed by atoms with Gasteiger partial charge in [-0.05, 0) is 31.5 Å². The highest BCUT2D eigenvalue weighted by Crippen LogP contribution is 2.25. The summed E-state index contributed by atoms with van der Waals surface area (Å²) in [4.78, 5) is 0. The first-order valence-electron chi connectivity index (χ1n) is 5.94. The predicted octanol–water partition coefficient (Wildman–Crippen LogP) is 2.61. The Balaban J connectivity index is 2.13. The Labute approximate surface area is 116 Å². The number of benzene rings is 1. The molecule has 0 radical (unpaired) electrons. The summed E-state index contributed by atoms with van der Waals surface area (Å²) in [6, 6.07) is 9.92. The molecule has 0 saturated heterocycles. The molecule has 0 bridgehead atoms. The van der Waals surface area contributed by atoms with Crippen LogP contribution in [0.2, 0.25) is 0 Å². The van der Waals surface area contributed by atoms with E-state index in [1.165, 1.54) is 0 Å². The fourth-order valence-corrected chi connectivity index (χ4v) is 2.77. The van der Waals surface area contributed by atoms with E-state index in [9.17, 15) is 0 Å². The van der Waals surface area contributed by atoms with Crippen LogP contribution in [0.25, 0.3) is 0 Å². The summed E-state index contributed by atoms with van der Waals surface area (Å²) in [6.07, 6.45) is 0. The van der Waals surface area contributed by atoms with Gasteiger partial charge in [-0.25, -0.2) is 0 Å². The fraction of sp³-hybridized carbons (Fsp3) is 0.308. The molecule has 0 aliphatic carbocycles. The Bertz CT molecular complexity index is 612. The molecule has 6 heteroatoms. The van der Waals surface area contributed by atoms with Crippen LogP contribution < -0.4 is 5.73 Å². The molecule has 0 aliphatic heterocycles. The average molecular weight is 273 g/mol. The summed E-state index contributed by atoms with van der Waals surface area (Å²) in [5, 5.41) is 17.7. The van der Waals surface area contributed by atoms with E-state index in [0.29, 0.717) is 11.5 Å². The lowest BCUT2D eigenvalue weighted by atomic mass is 10.2. The van der Waals surface area contributed by atoms with Crippen molar-refractivity contribution in [1.29, 1.82) is 5.26 Å². The van der Waals surface area contributed by atoms with Gasteiger partial charge in [0.2, 0.25) is 5.95 Å². The zero-order chi connectivity index (χ0) is 13.8. The highest BCUT2D eigenvalue weighted by atomic mass is 32.2. The molecule has 98 valence electrons. The topological polar surface area (TPSA) is 80.5 Å². The molecule has 0 fully saturated rings. The summed E-state index contributed by atoms with van der Waals surface area (Å²) in [6.45, 7) is 4.08. The van der Waals surface area contributed by atoms with Crippen molar-refractivity contribution in [3.05, 3.63) is 35.4 Å². The molecule has 0 aliphatic rings. The van der Waals surface area contributed by atoms with Gasteiger partial charge in [0.25, 0.3) is 0 Å². The fourth-order valence-electron chi connectivity index (χ4n) is 1.75. The molecule has 2 N–H and O–H groups in total. The SMILES string of the molecule is CC(C)n1c(N)nnc1SCc1cccc(C#N)c1. The van der Waals surface area contributed by atoms with Crippen LogP contribution in [0.4, 0.5) is 5.95 Å². The Morgan fingerprint density at radius 1 is 1.42 bits per heavy atom. The number of nitrogen functional groups attached to an aromatic ring is 1. The Kier molecular flexibility index (Phi) is 4.07. The van der Waals surface area contributed by atoms with Crippen LogP contribution in [0.15, 0.2) is 29.4 Å². The van der Waals surface area contributed by atoms with Gasteiger partial charge in [-0.15, -0.1) is 10.2 Å². The molecule has 0 atom stereocenters. The molecular weight excluding hydrogens is 258 g/mol. The molecule has 0 spiro atoms. The van der Waals surface area contributed by atoms with Gasteiger partial charge in [-0.3, -0.25) is 4.57 Å². The molecular formula is C13H15N5S. The van der Waals surface area contributed by atoms with Gasteiger partial charge in [0, 0.05) is 11.8 Å². The third-order valence-electron chi connectivity index (χ3n) is 2.63. The number of hydrogen-bond acceptors (Lipinski definition) is 5. The maximum absolute atomic E-state index is 8.87. The van der Waals surface area contributed by atoms with E-state index in [-0.39, 0.29) is 6.04 Å². The highest BCUT2D eigenvalue weighted by molar-refractivity contribution is 7.98. The van der Waals surface area contributed by atoms with Gasteiger partial charge >= 0.3 is 0 Å². The lowest BCUT2D eigenvalue weighted by Gasteiger charge is -2.11.